The Morgan fingerprint density at radius 3 is 3.08 bits per heavy atom. The molecule has 0 aliphatic rings. The van der Waals surface area contributed by atoms with Crippen molar-refractivity contribution in [1.29, 1.82) is 5.26 Å². The lowest BCUT2D eigenvalue weighted by Gasteiger charge is -2.00. The summed E-state index contributed by atoms with van der Waals surface area (Å²) in [6.07, 6.45) is 4.01. The van der Waals surface area contributed by atoms with Gasteiger partial charge in [-0.05, 0) is 0 Å². The Balaban J connectivity index is 2.01. The van der Waals surface area contributed by atoms with Crippen molar-refractivity contribution in [2.75, 3.05) is 13.1 Å². The second-order valence-corrected chi connectivity index (χ2v) is 2.32. The number of hydrogen-bond donors (Lipinski definition) is 1. The third-order valence-electron chi connectivity index (χ3n) is 1.40. The first-order valence-electron chi connectivity index (χ1n) is 3.85. The highest BCUT2D eigenvalue weighted by Crippen LogP contribution is 1.78. The van der Waals surface area contributed by atoms with E-state index in [0.29, 0.717) is 6.42 Å². The summed E-state index contributed by atoms with van der Waals surface area (Å²) in [6, 6.07) is 2.06. The highest BCUT2D eigenvalue weighted by Gasteiger charge is 1.89. The Bertz CT molecular complexity index is 235. The molecule has 0 aliphatic carbocycles. The highest BCUT2D eigenvalue weighted by atomic mass is 15.4. The minimum atomic E-state index is 0.553. The Kier molecular flexibility index (Phi) is 3.81. The molecule has 1 aromatic heterocycles. The molecule has 0 saturated heterocycles. The lowest BCUT2D eigenvalue weighted by molar-refractivity contribution is 0.544. The van der Waals surface area contributed by atoms with Gasteiger partial charge in [0, 0.05) is 25.7 Å². The molecule has 5 heteroatoms. The molecule has 0 aliphatic heterocycles. The fourth-order valence-electron chi connectivity index (χ4n) is 0.815. The quantitative estimate of drug-likeness (QED) is 0.612. The van der Waals surface area contributed by atoms with Crippen molar-refractivity contribution in [3.05, 3.63) is 12.4 Å². The first-order valence-corrected chi connectivity index (χ1v) is 3.85. The normalized spacial score (nSPS) is 9.58. The van der Waals surface area contributed by atoms with Crippen LogP contribution in [0.1, 0.15) is 6.42 Å². The van der Waals surface area contributed by atoms with E-state index in [9.17, 15) is 0 Å². The van der Waals surface area contributed by atoms with E-state index in [4.69, 9.17) is 5.26 Å². The zero-order chi connectivity index (χ0) is 8.65. The molecule has 1 aromatic rings. The molecule has 0 aromatic carbocycles. The minimum absolute atomic E-state index is 0.553. The summed E-state index contributed by atoms with van der Waals surface area (Å²) in [5, 5.41) is 18.8. The molecule has 0 bridgehead atoms. The number of nitriles is 1. The molecule has 0 atom stereocenters. The highest BCUT2D eigenvalue weighted by molar-refractivity contribution is 4.70. The average molecular weight is 165 g/mol. The number of hydrogen-bond acceptors (Lipinski definition) is 4. The van der Waals surface area contributed by atoms with Gasteiger partial charge in [-0.25, -0.2) is 0 Å². The first-order chi connectivity index (χ1) is 5.93. The molecule has 64 valence electrons. The zero-order valence-electron chi connectivity index (χ0n) is 6.77. The van der Waals surface area contributed by atoms with E-state index in [2.05, 4.69) is 21.7 Å². The van der Waals surface area contributed by atoms with Gasteiger partial charge in [0.15, 0.2) is 0 Å². The standard InChI is InChI=1S/C7H11N5/c8-2-1-3-9-4-6-12-7-5-10-11-12/h5,7,9H,1,3-4,6H2. The third-order valence-corrected chi connectivity index (χ3v) is 1.40. The summed E-state index contributed by atoms with van der Waals surface area (Å²) in [5.74, 6) is 0. The van der Waals surface area contributed by atoms with Crippen LogP contribution >= 0.6 is 0 Å². The van der Waals surface area contributed by atoms with Crippen molar-refractivity contribution < 1.29 is 0 Å². The van der Waals surface area contributed by atoms with Gasteiger partial charge < -0.3 is 5.32 Å². The van der Waals surface area contributed by atoms with E-state index in [1.807, 2.05) is 6.20 Å². The lowest BCUT2D eigenvalue weighted by atomic mass is 10.4. The predicted molar refractivity (Wildman–Crippen MR) is 43.1 cm³/mol. The first kappa shape index (κ1) is 8.68. The monoisotopic (exact) mass is 165 g/mol. The van der Waals surface area contributed by atoms with Crippen molar-refractivity contribution in [2.24, 2.45) is 0 Å². The molecule has 1 N–H and O–H groups in total. The summed E-state index contributed by atoms with van der Waals surface area (Å²) in [7, 11) is 0. The summed E-state index contributed by atoms with van der Waals surface area (Å²) < 4.78 is 1.75. The largest absolute Gasteiger partial charge is 0.314 e. The smallest absolute Gasteiger partial charge is 0.0692 e. The van der Waals surface area contributed by atoms with Gasteiger partial charge in [-0.15, -0.1) is 5.10 Å². The van der Waals surface area contributed by atoms with Crippen LogP contribution in [0.15, 0.2) is 12.4 Å². The van der Waals surface area contributed by atoms with Crippen molar-refractivity contribution in [3.63, 3.8) is 0 Å². The molecule has 12 heavy (non-hydrogen) atoms. The molecule has 0 radical (unpaired) electrons. The Morgan fingerprint density at radius 2 is 2.42 bits per heavy atom. The van der Waals surface area contributed by atoms with Crippen molar-refractivity contribution in [2.45, 2.75) is 13.0 Å². The molecule has 0 fully saturated rings. The molecule has 0 spiro atoms. The molecule has 5 nitrogen and oxygen atoms in total. The zero-order valence-corrected chi connectivity index (χ0v) is 6.77. The van der Waals surface area contributed by atoms with Crippen molar-refractivity contribution in [1.82, 2.24) is 20.3 Å². The SMILES string of the molecule is N#CCCNCCn1ccnn1. The summed E-state index contributed by atoms with van der Waals surface area (Å²) >= 11 is 0. The number of aromatic nitrogens is 3. The van der Waals surface area contributed by atoms with E-state index in [0.717, 1.165) is 19.6 Å². The maximum atomic E-state index is 8.23. The average Bonchev–Trinajstić information content (AvgIpc) is 2.57. The molecule has 0 saturated carbocycles. The van der Waals surface area contributed by atoms with Crippen LogP contribution in [0, 0.1) is 11.3 Å². The molecule has 1 heterocycles. The van der Waals surface area contributed by atoms with E-state index in [1.54, 1.807) is 10.9 Å². The number of nitrogens with one attached hydrogen (secondary N) is 1. The predicted octanol–water partition coefficient (Wildman–Crippen LogP) is -0.219. The van der Waals surface area contributed by atoms with Crippen LogP contribution in [0.4, 0.5) is 0 Å². The fraction of sp³-hybridized carbons (Fsp3) is 0.571. The van der Waals surface area contributed by atoms with Crippen LogP contribution in [-0.2, 0) is 6.54 Å². The van der Waals surface area contributed by atoms with Gasteiger partial charge >= 0.3 is 0 Å². The van der Waals surface area contributed by atoms with Crippen LogP contribution in [0.3, 0.4) is 0 Å². The molecular formula is C7H11N5. The van der Waals surface area contributed by atoms with Gasteiger partial charge in [-0.1, -0.05) is 5.21 Å². The van der Waals surface area contributed by atoms with Crippen LogP contribution in [-0.4, -0.2) is 28.1 Å². The van der Waals surface area contributed by atoms with Gasteiger partial charge in [0.05, 0.1) is 18.8 Å². The van der Waals surface area contributed by atoms with Gasteiger partial charge in [0.2, 0.25) is 0 Å². The maximum Gasteiger partial charge on any atom is 0.0692 e. The van der Waals surface area contributed by atoms with Gasteiger partial charge in [-0.3, -0.25) is 4.68 Å². The Labute approximate surface area is 71.0 Å². The van der Waals surface area contributed by atoms with E-state index in [-0.39, 0.29) is 0 Å². The third kappa shape index (κ3) is 3.12. The van der Waals surface area contributed by atoms with Gasteiger partial charge in [-0.2, -0.15) is 5.26 Å². The fourth-order valence-corrected chi connectivity index (χ4v) is 0.815. The van der Waals surface area contributed by atoms with Crippen LogP contribution < -0.4 is 5.32 Å². The molecular weight excluding hydrogens is 154 g/mol. The van der Waals surface area contributed by atoms with Crippen LogP contribution in [0.2, 0.25) is 0 Å². The maximum absolute atomic E-state index is 8.23. The minimum Gasteiger partial charge on any atom is -0.314 e. The van der Waals surface area contributed by atoms with Crippen molar-refractivity contribution in [3.8, 4) is 6.07 Å². The van der Waals surface area contributed by atoms with E-state index >= 15 is 0 Å². The summed E-state index contributed by atoms with van der Waals surface area (Å²) in [5.41, 5.74) is 0. The Morgan fingerprint density at radius 1 is 1.50 bits per heavy atom. The summed E-state index contributed by atoms with van der Waals surface area (Å²) in [4.78, 5) is 0. The van der Waals surface area contributed by atoms with Crippen molar-refractivity contribution >= 4 is 0 Å². The molecule has 1 rings (SSSR count). The summed E-state index contributed by atoms with van der Waals surface area (Å²) in [6.45, 7) is 2.36. The topological polar surface area (TPSA) is 66.5 Å². The van der Waals surface area contributed by atoms with Crippen LogP contribution in [0.5, 0.6) is 0 Å². The molecule has 0 amide bonds. The number of rotatable bonds is 5. The van der Waals surface area contributed by atoms with E-state index in [1.165, 1.54) is 0 Å². The second-order valence-electron chi connectivity index (χ2n) is 2.32. The molecule has 0 unspecified atom stereocenters. The van der Waals surface area contributed by atoms with Gasteiger partial charge in [0.25, 0.3) is 0 Å². The second kappa shape index (κ2) is 5.27. The van der Waals surface area contributed by atoms with Gasteiger partial charge in [0.1, 0.15) is 0 Å². The lowest BCUT2D eigenvalue weighted by Crippen LogP contribution is -2.21. The van der Waals surface area contributed by atoms with E-state index < -0.39 is 0 Å². The van der Waals surface area contributed by atoms with Crippen LogP contribution in [0.25, 0.3) is 0 Å². The number of nitrogens with zero attached hydrogens (tertiary/aromatic N) is 4. The Hall–Kier alpha value is -1.41.